The lowest BCUT2D eigenvalue weighted by Crippen LogP contribution is -2.37. The Morgan fingerprint density at radius 2 is 1.84 bits per heavy atom. The van der Waals surface area contributed by atoms with Crippen LogP contribution in [0.2, 0.25) is 0 Å². The molecule has 1 aliphatic rings. The van der Waals surface area contributed by atoms with Crippen LogP contribution in [0.25, 0.3) is 0 Å². The number of hydrogen-bond acceptors (Lipinski definition) is 5. The van der Waals surface area contributed by atoms with Crippen LogP contribution >= 0.6 is 23.1 Å². The van der Waals surface area contributed by atoms with Crippen LogP contribution in [0.1, 0.15) is 43.6 Å². The van der Waals surface area contributed by atoms with Crippen molar-refractivity contribution in [1.29, 1.82) is 0 Å². The molecular weight excluding hydrogens is 274 g/mol. The third-order valence-electron chi connectivity index (χ3n) is 3.31. The molecule has 0 radical (unpaired) electrons. The molecule has 19 heavy (non-hydrogen) atoms. The third kappa shape index (κ3) is 5.79. The van der Waals surface area contributed by atoms with Crippen LogP contribution in [0.15, 0.2) is 0 Å². The van der Waals surface area contributed by atoms with E-state index in [1.54, 1.807) is 0 Å². The lowest BCUT2D eigenvalue weighted by molar-refractivity contribution is 0.429. The molecule has 3 nitrogen and oxygen atoms in total. The highest BCUT2D eigenvalue weighted by molar-refractivity contribution is 7.99. The largest absolute Gasteiger partial charge is 0.312 e. The van der Waals surface area contributed by atoms with E-state index in [4.69, 9.17) is 0 Å². The van der Waals surface area contributed by atoms with Crippen molar-refractivity contribution in [2.24, 2.45) is 5.92 Å². The van der Waals surface area contributed by atoms with Gasteiger partial charge in [-0.3, -0.25) is 0 Å². The highest BCUT2D eigenvalue weighted by Crippen LogP contribution is 2.26. The van der Waals surface area contributed by atoms with Gasteiger partial charge in [0.1, 0.15) is 10.0 Å². The zero-order valence-electron chi connectivity index (χ0n) is 12.2. The summed E-state index contributed by atoms with van der Waals surface area (Å²) in [6.07, 6.45) is 4.84. The minimum Gasteiger partial charge on any atom is -0.312 e. The first-order chi connectivity index (χ1) is 9.03. The van der Waals surface area contributed by atoms with Crippen LogP contribution in [-0.4, -0.2) is 33.8 Å². The summed E-state index contributed by atoms with van der Waals surface area (Å²) in [5.74, 6) is 3.49. The number of rotatable bonds is 5. The molecule has 0 amide bonds. The standard InChI is InChI=1S/C14H25N3S2/c1-14(2,3)15-7-4-12-16-17-13(19-12)10-11-5-8-18-9-6-11/h11,15H,4-10H2,1-3H3. The summed E-state index contributed by atoms with van der Waals surface area (Å²) in [6.45, 7) is 7.57. The number of nitrogens with zero attached hydrogens (tertiary/aromatic N) is 2. The monoisotopic (exact) mass is 299 g/mol. The maximum absolute atomic E-state index is 4.36. The van der Waals surface area contributed by atoms with Gasteiger partial charge in [-0.15, -0.1) is 21.5 Å². The van der Waals surface area contributed by atoms with E-state index in [9.17, 15) is 0 Å². The molecule has 0 saturated carbocycles. The van der Waals surface area contributed by atoms with Crippen LogP contribution in [-0.2, 0) is 12.8 Å². The van der Waals surface area contributed by atoms with Crippen molar-refractivity contribution >= 4 is 23.1 Å². The quantitative estimate of drug-likeness (QED) is 0.906. The Morgan fingerprint density at radius 3 is 2.53 bits per heavy atom. The molecule has 0 aliphatic carbocycles. The first kappa shape index (κ1) is 15.3. The molecule has 5 heteroatoms. The summed E-state index contributed by atoms with van der Waals surface area (Å²) in [6, 6.07) is 0. The zero-order valence-corrected chi connectivity index (χ0v) is 13.9. The lowest BCUT2D eigenvalue weighted by Gasteiger charge is -2.20. The van der Waals surface area contributed by atoms with Crippen molar-refractivity contribution in [2.45, 2.75) is 52.0 Å². The zero-order chi connectivity index (χ0) is 13.7. The van der Waals surface area contributed by atoms with E-state index in [0.717, 1.165) is 25.3 Å². The summed E-state index contributed by atoms with van der Waals surface area (Å²) in [4.78, 5) is 0. The van der Waals surface area contributed by atoms with E-state index in [-0.39, 0.29) is 5.54 Å². The van der Waals surface area contributed by atoms with Gasteiger partial charge in [0.25, 0.3) is 0 Å². The van der Waals surface area contributed by atoms with Crippen molar-refractivity contribution in [2.75, 3.05) is 18.1 Å². The van der Waals surface area contributed by atoms with E-state index in [2.05, 4.69) is 48.0 Å². The van der Waals surface area contributed by atoms with Crippen molar-refractivity contribution in [1.82, 2.24) is 15.5 Å². The number of aromatic nitrogens is 2. The van der Waals surface area contributed by atoms with Crippen molar-refractivity contribution < 1.29 is 0 Å². The van der Waals surface area contributed by atoms with Crippen LogP contribution in [0.5, 0.6) is 0 Å². The van der Waals surface area contributed by atoms with Crippen LogP contribution in [0.3, 0.4) is 0 Å². The molecule has 1 aromatic rings. The normalized spacial score (nSPS) is 17.8. The number of nitrogens with one attached hydrogen (secondary N) is 1. The van der Waals surface area contributed by atoms with Gasteiger partial charge in [-0.1, -0.05) is 0 Å². The minimum absolute atomic E-state index is 0.188. The molecule has 0 aromatic carbocycles. The Labute approximate surface area is 125 Å². The van der Waals surface area contributed by atoms with E-state index in [1.807, 2.05) is 11.3 Å². The maximum atomic E-state index is 4.36. The van der Waals surface area contributed by atoms with E-state index in [1.165, 1.54) is 34.4 Å². The SMILES string of the molecule is CC(C)(C)NCCc1nnc(CC2CCSCC2)s1. The van der Waals surface area contributed by atoms with Gasteiger partial charge in [0.15, 0.2) is 0 Å². The molecule has 0 atom stereocenters. The molecule has 0 unspecified atom stereocenters. The molecule has 1 N–H and O–H groups in total. The van der Waals surface area contributed by atoms with Gasteiger partial charge < -0.3 is 5.32 Å². The third-order valence-corrected chi connectivity index (χ3v) is 5.36. The van der Waals surface area contributed by atoms with Gasteiger partial charge in [-0.2, -0.15) is 11.8 Å². The second kappa shape index (κ2) is 7.04. The summed E-state index contributed by atoms with van der Waals surface area (Å²) in [7, 11) is 0. The van der Waals surface area contributed by atoms with Crippen molar-refractivity contribution in [3.05, 3.63) is 10.0 Å². The molecule has 1 fully saturated rings. The maximum Gasteiger partial charge on any atom is 0.118 e. The Hall–Kier alpha value is -0.130. The predicted octanol–water partition coefficient (Wildman–Crippen LogP) is 3.15. The fourth-order valence-corrected chi connectivity index (χ4v) is 4.38. The molecule has 1 aromatic heterocycles. The van der Waals surface area contributed by atoms with Crippen LogP contribution in [0.4, 0.5) is 0 Å². The van der Waals surface area contributed by atoms with E-state index >= 15 is 0 Å². The van der Waals surface area contributed by atoms with Gasteiger partial charge in [-0.25, -0.2) is 0 Å². The summed E-state index contributed by atoms with van der Waals surface area (Å²) < 4.78 is 0. The van der Waals surface area contributed by atoms with Gasteiger partial charge in [-0.05, 0) is 51.0 Å². The minimum atomic E-state index is 0.188. The molecule has 0 bridgehead atoms. The molecule has 108 valence electrons. The van der Waals surface area contributed by atoms with Crippen molar-refractivity contribution in [3.63, 3.8) is 0 Å². The first-order valence-corrected chi connectivity index (χ1v) is 9.14. The molecule has 0 spiro atoms. The second-order valence-corrected chi connectivity index (χ2v) is 8.65. The highest BCUT2D eigenvalue weighted by atomic mass is 32.2. The van der Waals surface area contributed by atoms with E-state index in [0.29, 0.717) is 0 Å². The lowest BCUT2D eigenvalue weighted by atomic mass is 9.99. The fraction of sp³-hybridized carbons (Fsp3) is 0.857. The Morgan fingerprint density at radius 1 is 1.16 bits per heavy atom. The van der Waals surface area contributed by atoms with E-state index < -0.39 is 0 Å². The summed E-state index contributed by atoms with van der Waals surface area (Å²) in [5, 5.41) is 14.6. The Kier molecular flexibility index (Phi) is 5.66. The smallest absolute Gasteiger partial charge is 0.118 e. The number of hydrogen-bond donors (Lipinski definition) is 1. The Balaban J connectivity index is 1.75. The van der Waals surface area contributed by atoms with Gasteiger partial charge >= 0.3 is 0 Å². The number of thioether (sulfide) groups is 1. The highest BCUT2D eigenvalue weighted by Gasteiger charge is 2.16. The molecule has 1 saturated heterocycles. The average molecular weight is 300 g/mol. The fourth-order valence-electron chi connectivity index (χ4n) is 2.21. The van der Waals surface area contributed by atoms with Gasteiger partial charge in [0.2, 0.25) is 0 Å². The van der Waals surface area contributed by atoms with Gasteiger partial charge in [0, 0.05) is 24.9 Å². The average Bonchev–Trinajstić information content (AvgIpc) is 2.76. The second-order valence-electron chi connectivity index (χ2n) is 6.28. The first-order valence-electron chi connectivity index (χ1n) is 7.17. The Bertz CT molecular complexity index is 378. The molecule has 2 heterocycles. The predicted molar refractivity (Wildman–Crippen MR) is 85.1 cm³/mol. The topological polar surface area (TPSA) is 37.8 Å². The van der Waals surface area contributed by atoms with Gasteiger partial charge in [0.05, 0.1) is 0 Å². The molecule has 2 rings (SSSR count). The molecule has 1 aliphatic heterocycles. The van der Waals surface area contributed by atoms with Crippen molar-refractivity contribution in [3.8, 4) is 0 Å². The van der Waals surface area contributed by atoms with Crippen LogP contribution < -0.4 is 5.32 Å². The summed E-state index contributed by atoms with van der Waals surface area (Å²) >= 11 is 3.89. The summed E-state index contributed by atoms with van der Waals surface area (Å²) in [5.41, 5.74) is 0.188. The molecular formula is C14H25N3S2. The van der Waals surface area contributed by atoms with Crippen LogP contribution in [0, 0.1) is 5.92 Å².